The van der Waals surface area contributed by atoms with E-state index in [4.69, 9.17) is 0 Å². The molecule has 0 saturated heterocycles. The second-order valence-electron chi connectivity index (χ2n) is 7.51. The van der Waals surface area contributed by atoms with Crippen molar-refractivity contribution in [1.29, 1.82) is 0 Å². The fraction of sp³-hybridized carbons (Fsp3) is 0.571. The van der Waals surface area contributed by atoms with E-state index in [1.165, 1.54) is 44.2 Å². The lowest BCUT2D eigenvalue weighted by molar-refractivity contribution is -0.121. The summed E-state index contributed by atoms with van der Waals surface area (Å²) >= 11 is 0. The molecule has 0 aliphatic heterocycles. The average molecular weight is 332 g/mol. The first-order valence-corrected chi connectivity index (χ1v) is 9.19. The van der Waals surface area contributed by atoms with Crippen molar-refractivity contribution < 1.29 is 13.6 Å². The molecule has 0 aromatic heterocycles. The molecule has 24 heavy (non-hydrogen) atoms. The van der Waals surface area contributed by atoms with Crippen molar-refractivity contribution in [2.45, 2.75) is 63.2 Å². The molecule has 2 aliphatic carbocycles. The molecule has 0 radical (unpaired) electrons. The predicted molar refractivity (Wildman–Crippen MR) is 91.8 cm³/mol. The van der Waals surface area contributed by atoms with Gasteiger partial charge >= 0.3 is 0 Å². The van der Waals surface area contributed by atoms with Gasteiger partial charge in [-0.1, -0.05) is 44.7 Å². The Morgan fingerprint density at radius 2 is 1.62 bits per heavy atom. The van der Waals surface area contributed by atoms with Gasteiger partial charge in [-0.3, -0.25) is 4.79 Å². The molecule has 0 amide bonds. The molecule has 1 nitrogen and oxygen atoms in total. The second kappa shape index (κ2) is 7.16. The summed E-state index contributed by atoms with van der Waals surface area (Å²) in [5.41, 5.74) is -0.116. The van der Waals surface area contributed by atoms with E-state index in [1.807, 2.05) is 0 Å². The van der Waals surface area contributed by atoms with Gasteiger partial charge in [-0.15, -0.1) is 0 Å². The van der Waals surface area contributed by atoms with E-state index in [2.05, 4.69) is 6.58 Å². The normalized spacial score (nSPS) is 28.5. The van der Waals surface area contributed by atoms with Crippen LogP contribution in [0, 0.1) is 23.5 Å². The summed E-state index contributed by atoms with van der Waals surface area (Å²) in [5.74, 6) is -0.355. The largest absolute Gasteiger partial charge is 0.294 e. The van der Waals surface area contributed by atoms with E-state index in [-0.39, 0.29) is 5.78 Å². The van der Waals surface area contributed by atoms with Crippen LogP contribution in [0.1, 0.15) is 63.4 Å². The molecule has 130 valence electrons. The molecule has 3 rings (SSSR count). The Morgan fingerprint density at radius 1 is 1.00 bits per heavy atom. The van der Waals surface area contributed by atoms with Gasteiger partial charge in [0.1, 0.15) is 0 Å². The average Bonchev–Trinajstić information content (AvgIpc) is 2.64. The van der Waals surface area contributed by atoms with E-state index in [1.54, 1.807) is 6.07 Å². The molecule has 0 bridgehead atoms. The third kappa shape index (κ3) is 3.18. The summed E-state index contributed by atoms with van der Waals surface area (Å²) in [6.45, 7) is 3.64. The van der Waals surface area contributed by atoms with Crippen LogP contribution in [0.2, 0.25) is 0 Å². The molecule has 2 fully saturated rings. The van der Waals surface area contributed by atoms with Crippen molar-refractivity contribution in [3.05, 3.63) is 48.1 Å². The van der Waals surface area contributed by atoms with Crippen LogP contribution in [0.5, 0.6) is 0 Å². The predicted octanol–water partition coefficient (Wildman–Crippen LogP) is 5.73. The SMILES string of the molecule is C=CC(=O)C1(c2ccc(F)c(F)c2)CCC(C2CCCCC2)CC1. The highest BCUT2D eigenvalue weighted by molar-refractivity contribution is 5.98. The fourth-order valence-electron chi connectivity index (χ4n) is 4.88. The van der Waals surface area contributed by atoms with Crippen LogP contribution in [0.3, 0.4) is 0 Å². The van der Waals surface area contributed by atoms with Gasteiger partial charge in [0, 0.05) is 0 Å². The number of carbonyl (C=O) groups excluding carboxylic acids is 1. The van der Waals surface area contributed by atoms with Crippen molar-refractivity contribution in [1.82, 2.24) is 0 Å². The summed E-state index contributed by atoms with van der Waals surface area (Å²) in [7, 11) is 0. The second-order valence-corrected chi connectivity index (χ2v) is 7.51. The van der Waals surface area contributed by atoms with Crippen LogP contribution < -0.4 is 0 Å². The highest BCUT2D eigenvalue weighted by Gasteiger charge is 2.43. The summed E-state index contributed by atoms with van der Waals surface area (Å²) in [6, 6.07) is 3.91. The number of benzene rings is 1. The van der Waals surface area contributed by atoms with E-state index < -0.39 is 17.0 Å². The zero-order valence-electron chi connectivity index (χ0n) is 14.2. The zero-order valence-corrected chi connectivity index (χ0v) is 14.2. The summed E-state index contributed by atoms with van der Waals surface area (Å²) < 4.78 is 27.0. The minimum Gasteiger partial charge on any atom is -0.294 e. The lowest BCUT2D eigenvalue weighted by atomic mass is 9.61. The molecule has 0 unspecified atom stereocenters. The molecule has 1 aromatic rings. The minimum atomic E-state index is -0.877. The summed E-state index contributed by atoms with van der Waals surface area (Å²) in [6.07, 6.45) is 11.3. The number of carbonyl (C=O) groups is 1. The van der Waals surface area contributed by atoms with Gasteiger partial charge < -0.3 is 0 Å². The number of hydrogen-bond donors (Lipinski definition) is 0. The molecule has 3 heteroatoms. The Morgan fingerprint density at radius 3 is 2.21 bits per heavy atom. The van der Waals surface area contributed by atoms with E-state index in [9.17, 15) is 13.6 Å². The van der Waals surface area contributed by atoms with Crippen molar-refractivity contribution >= 4 is 5.78 Å². The Kier molecular flexibility index (Phi) is 5.17. The molecule has 1 aromatic carbocycles. The van der Waals surface area contributed by atoms with Gasteiger partial charge in [0.2, 0.25) is 0 Å². The minimum absolute atomic E-state index is 0.0596. The van der Waals surface area contributed by atoms with Crippen molar-refractivity contribution in [2.75, 3.05) is 0 Å². The topological polar surface area (TPSA) is 17.1 Å². The summed E-state index contributed by atoms with van der Waals surface area (Å²) in [4.78, 5) is 12.6. The van der Waals surface area contributed by atoms with Gasteiger partial charge in [0.05, 0.1) is 5.41 Å². The maximum atomic E-state index is 13.7. The maximum Gasteiger partial charge on any atom is 0.165 e. The zero-order chi connectivity index (χ0) is 17.2. The Balaban J connectivity index is 1.82. The Bertz CT molecular complexity index is 608. The highest BCUT2D eigenvalue weighted by Crippen LogP contribution is 2.47. The van der Waals surface area contributed by atoms with Crippen LogP contribution in [-0.4, -0.2) is 5.78 Å². The van der Waals surface area contributed by atoms with E-state index >= 15 is 0 Å². The standard InChI is InChI=1S/C21H26F2O/c1-2-20(24)21(17-8-9-18(22)19(23)14-17)12-10-16(11-13-21)15-6-4-3-5-7-15/h2,8-9,14-16H,1,3-7,10-13H2. The molecular weight excluding hydrogens is 306 g/mol. The number of halogens is 2. The van der Waals surface area contributed by atoms with Crippen LogP contribution in [-0.2, 0) is 10.2 Å². The fourth-order valence-corrected chi connectivity index (χ4v) is 4.88. The Labute approximate surface area is 143 Å². The number of hydrogen-bond acceptors (Lipinski definition) is 1. The maximum absolute atomic E-state index is 13.7. The number of rotatable bonds is 4. The van der Waals surface area contributed by atoms with E-state index in [0.29, 0.717) is 24.3 Å². The molecule has 0 spiro atoms. The molecule has 2 saturated carbocycles. The van der Waals surface area contributed by atoms with E-state index in [0.717, 1.165) is 24.8 Å². The van der Waals surface area contributed by atoms with Gasteiger partial charge in [-0.25, -0.2) is 8.78 Å². The van der Waals surface area contributed by atoms with Crippen LogP contribution >= 0.6 is 0 Å². The van der Waals surface area contributed by atoms with Crippen molar-refractivity contribution in [3.8, 4) is 0 Å². The quantitative estimate of drug-likeness (QED) is 0.644. The highest BCUT2D eigenvalue weighted by atomic mass is 19.2. The lowest BCUT2D eigenvalue weighted by Crippen LogP contribution is -2.40. The lowest BCUT2D eigenvalue weighted by Gasteiger charge is -2.42. The molecule has 0 atom stereocenters. The van der Waals surface area contributed by atoms with Crippen LogP contribution in [0.25, 0.3) is 0 Å². The smallest absolute Gasteiger partial charge is 0.165 e. The van der Waals surface area contributed by atoms with Gasteiger partial charge in [0.15, 0.2) is 17.4 Å². The van der Waals surface area contributed by atoms with Gasteiger partial charge in [-0.05, 0) is 61.3 Å². The van der Waals surface area contributed by atoms with Crippen molar-refractivity contribution in [3.63, 3.8) is 0 Å². The van der Waals surface area contributed by atoms with Crippen molar-refractivity contribution in [2.24, 2.45) is 11.8 Å². The first-order valence-electron chi connectivity index (χ1n) is 9.19. The first kappa shape index (κ1) is 17.3. The third-order valence-electron chi connectivity index (χ3n) is 6.33. The molecule has 2 aliphatic rings. The van der Waals surface area contributed by atoms with Gasteiger partial charge in [0.25, 0.3) is 0 Å². The van der Waals surface area contributed by atoms with Crippen LogP contribution in [0.4, 0.5) is 8.78 Å². The van der Waals surface area contributed by atoms with Gasteiger partial charge in [-0.2, -0.15) is 0 Å². The summed E-state index contributed by atoms with van der Waals surface area (Å²) in [5, 5.41) is 0. The first-order chi connectivity index (χ1) is 11.6. The number of ketones is 1. The molecular formula is C21H26F2O. The number of allylic oxidation sites excluding steroid dienone is 1. The van der Waals surface area contributed by atoms with Crippen LogP contribution in [0.15, 0.2) is 30.9 Å². The Hall–Kier alpha value is -1.51. The molecule has 0 heterocycles. The third-order valence-corrected chi connectivity index (χ3v) is 6.33. The monoisotopic (exact) mass is 332 g/mol. The molecule has 0 N–H and O–H groups in total.